The Kier molecular flexibility index (Phi) is 4.23. The van der Waals surface area contributed by atoms with Crippen molar-refractivity contribution < 1.29 is 32.0 Å². The number of H-pyrrole nitrogens is 1. The number of aromatic carboxylic acids is 1. The van der Waals surface area contributed by atoms with E-state index in [1.807, 2.05) is 0 Å². The molecule has 1 amide bonds. The Morgan fingerprint density at radius 2 is 1.97 bits per heavy atom. The number of carboxylic acid groups (broad SMARTS) is 1. The lowest BCUT2D eigenvalue weighted by Gasteiger charge is -2.15. The summed E-state index contributed by atoms with van der Waals surface area (Å²) in [5.41, 5.74) is 2.52. The van der Waals surface area contributed by atoms with Crippen LogP contribution in [-0.2, 0) is 16.7 Å². The molecule has 3 N–H and O–H groups in total. The van der Waals surface area contributed by atoms with Gasteiger partial charge in [0.25, 0.3) is 5.91 Å². The topological polar surface area (TPSA) is 135 Å². The standard InChI is InChI=1S/C19H16N2O7S/c1-27-15-7-11(14-6-10-5-9(19(23)24)3-4-13(10)21-14)16-12(8-20-18(16)22)17(15)28-29(2,25)26/h3-7,21H,8H2,1-2H3,(H,20,22)(H,23,24). The van der Waals surface area contributed by atoms with Crippen molar-refractivity contribution in [2.24, 2.45) is 0 Å². The first-order valence-electron chi connectivity index (χ1n) is 8.46. The van der Waals surface area contributed by atoms with Crippen LogP contribution in [0.5, 0.6) is 11.5 Å². The molecule has 0 fully saturated rings. The normalized spacial score (nSPS) is 13.2. The van der Waals surface area contributed by atoms with Crippen molar-refractivity contribution in [2.45, 2.75) is 6.54 Å². The van der Waals surface area contributed by atoms with E-state index in [0.717, 1.165) is 6.26 Å². The molecule has 9 nitrogen and oxygen atoms in total. The van der Waals surface area contributed by atoms with E-state index in [0.29, 0.717) is 27.7 Å². The molecule has 2 aromatic carbocycles. The van der Waals surface area contributed by atoms with Crippen LogP contribution in [0.1, 0.15) is 26.3 Å². The minimum Gasteiger partial charge on any atom is -0.493 e. The number of ether oxygens (including phenoxy) is 1. The third kappa shape index (κ3) is 3.27. The van der Waals surface area contributed by atoms with Gasteiger partial charge in [-0.25, -0.2) is 4.79 Å². The number of carbonyl (C=O) groups is 2. The molecule has 3 aromatic rings. The molecule has 2 heterocycles. The number of amides is 1. The molecule has 0 radical (unpaired) electrons. The minimum atomic E-state index is -3.84. The maximum Gasteiger partial charge on any atom is 0.335 e. The lowest BCUT2D eigenvalue weighted by atomic mass is 9.98. The molecule has 4 rings (SSSR count). The highest BCUT2D eigenvalue weighted by atomic mass is 32.2. The van der Waals surface area contributed by atoms with Gasteiger partial charge in [0.1, 0.15) is 0 Å². The fourth-order valence-electron chi connectivity index (χ4n) is 3.40. The number of hydrogen-bond donors (Lipinski definition) is 3. The number of hydrogen-bond acceptors (Lipinski definition) is 6. The second kappa shape index (κ2) is 6.52. The van der Waals surface area contributed by atoms with Gasteiger partial charge >= 0.3 is 16.1 Å². The second-order valence-corrected chi connectivity index (χ2v) is 8.14. The minimum absolute atomic E-state index is 0.0311. The Hall–Kier alpha value is -3.53. The number of carboxylic acids is 1. The number of methoxy groups -OCH3 is 1. The summed E-state index contributed by atoms with van der Waals surface area (Å²) >= 11 is 0. The molecule has 10 heteroatoms. The number of aromatic nitrogens is 1. The van der Waals surface area contributed by atoms with Gasteiger partial charge in [-0.05, 0) is 30.3 Å². The average molecular weight is 416 g/mol. The molecule has 0 saturated heterocycles. The SMILES string of the molecule is COc1cc(-c2cc3cc(C(=O)O)ccc3[nH]2)c2c(c1OS(C)(=O)=O)CNC2=O. The number of rotatable bonds is 5. The molecular formula is C19H16N2O7S. The quantitative estimate of drug-likeness (QED) is 0.542. The first kappa shape index (κ1) is 18.8. The highest BCUT2D eigenvalue weighted by molar-refractivity contribution is 7.86. The van der Waals surface area contributed by atoms with Crippen molar-refractivity contribution in [2.75, 3.05) is 13.4 Å². The molecule has 0 aliphatic carbocycles. The van der Waals surface area contributed by atoms with Gasteiger partial charge in [-0.3, -0.25) is 4.79 Å². The summed E-state index contributed by atoms with van der Waals surface area (Å²) in [6, 6.07) is 7.88. The molecule has 1 aliphatic heterocycles. The monoisotopic (exact) mass is 416 g/mol. The molecule has 0 bridgehead atoms. The van der Waals surface area contributed by atoms with Crippen LogP contribution in [0.2, 0.25) is 0 Å². The Bertz CT molecular complexity index is 1290. The number of benzene rings is 2. The average Bonchev–Trinajstić information content (AvgIpc) is 3.24. The van der Waals surface area contributed by atoms with Gasteiger partial charge in [0, 0.05) is 34.3 Å². The fraction of sp³-hybridized carbons (Fsp3) is 0.158. The Balaban J connectivity index is 1.95. The van der Waals surface area contributed by atoms with E-state index in [4.69, 9.17) is 8.92 Å². The van der Waals surface area contributed by atoms with Crippen LogP contribution in [0.4, 0.5) is 0 Å². The number of aromatic amines is 1. The zero-order valence-electron chi connectivity index (χ0n) is 15.4. The molecule has 150 valence electrons. The summed E-state index contributed by atoms with van der Waals surface area (Å²) in [5, 5.41) is 12.5. The molecular weight excluding hydrogens is 400 g/mol. The third-order valence-corrected chi connectivity index (χ3v) is 5.08. The van der Waals surface area contributed by atoms with E-state index in [1.54, 1.807) is 12.1 Å². The van der Waals surface area contributed by atoms with Crippen LogP contribution in [-0.4, -0.2) is 43.8 Å². The van der Waals surface area contributed by atoms with E-state index < -0.39 is 16.1 Å². The molecule has 0 atom stereocenters. The molecule has 0 saturated carbocycles. The van der Waals surface area contributed by atoms with Crippen molar-refractivity contribution in [3.05, 3.63) is 47.0 Å². The largest absolute Gasteiger partial charge is 0.493 e. The number of fused-ring (bicyclic) bond motifs is 2. The second-order valence-electron chi connectivity index (χ2n) is 6.57. The van der Waals surface area contributed by atoms with Crippen molar-refractivity contribution in [3.63, 3.8) is 0 Å². The van der Waals surface area contributed by atoms with Crippen LogP contribution in [0.15, 0.2) is 30.3 Å². The molecule has 1 aliphatic rings. The van der Waals surface area contributed by atoms with E-state index in [-0.39, 0.29) is 35.1 Å². The van der Waals surface area contributed by atoms with E-state index in [1.165, 1.54) is 25.3 Å². The first-order chi connectivity index (χ1) is 13.7. The van der Waals surface area contributed by atoms with Gasteiger partial charge in [-0.2, -0.15) is 8.42 Å². The molecule has 1 aromatic heterocycles. The zero-order valence-corrected chi connectivity index (χ0v) is 16.2. The molecule has 29 heavy (non-hydrogen) atoms. The van der Waals surface area contributed by atoms with E-state index in [9.17, 15) is 23.1 Å². The number of carbonyl (C=O) groups excluding carboxylic acids is 1. The Labute approximate surface area is 165 Å². The Morgan fingerprint density at radius 3 is 2.62 bits per heavy atom. The van der Waals surface area contributed by atoms with Crippen molar-refractivity contribution in [1.29, 1.82) is 0 Å². The summed E-state index contributed by atoms with van der Waals surface area (Å²) in [7, 11) is -2.47. The molecule has 0 spiro atoms. The summed E-state index contributed by atoms with van der Waals surface area (Å²) in [6.07, 6.45) is 0.911. The summed E-state index contributed by atoms with van der Waals surface area (Å²) in [6.45, 7) is 0.0899. The van der Waals surface area contributed by atoms with Gasteiger partial charge < -0.3 is 24.3 Å². The van der Waals surface area contributed by atoms with Crippen LogP contribution < -0.4 is 14.2 Å². The van der Waals surface area contributed by atoms with Crippen molar-refractivity contribution in [3.8, 4) is 22.8 Å². The summed E-state index contributed by atoms with van der Waals surface area (Å²) in [4.78, 5) is 26.9. The van der Waals surface area contributed by atoms with Gasteiger partial charge in [-0.15, -0.1) is 0 Å². The van der Waals surface area contributed by atoms with Crippen LogP contribution >= 0.6 is 0 Å². The fourth-order valence-corrected chi connectivity index (χ4v) is 3.88. The lowest BCUT2D eigenvalue weighted by Crippen LogP contribution is -2.13. The Morgan fingerprint density at radius 1 is 1.21 bits per heavy atom. The van der Waals surface area contributed by atoms with E-state index in [2.05, 4.69) is 10.3 Å². The van der Waals surface area contributed by atoms with Crippen LogP contribution in [0.3, 0.4) is 0 Å². The lowest BCUT2D eigenvalue weighted by molar-refractivity contribution is 0.0696. The summed E-state index contributed by atoms with van der Waals surface area (Å²) in [5.74, 6) is -1.29. The predicted molar refractivity (Wildman–Crippen MR) is 104 cm³/mol. The maximum absolute atomic E-state index is 12.5. The highest BCUT2D eigenvalue weighted by Gasteiger charge is 2.31. The maximum atomic E-state index is 12.5. The molecule has 0 unspecified atom stereocenters. The van der Waals surface area contributed by atoms with Crippen molar-refractivity contribution in [1.82, 2.24) is 10.3 Å². The van der Waals surface area contributed by atoms with Crippen LogP contribution in [0.25, 0.3) is 22.2 Å². The smallest absolute Gasteiger partial charge is 0.335 e. The van der Waals surface area contributed by atoms with Gasteiger partial charge in [0.15, 0.2) is 11.5 Å². The van der Waals surface area contributed by atoms with Crippen LogP contribution in [0, 0.1) is 0 Å². The predicted octanol–water partition coefficient (Wildman–Crippen LogP) is 2.12. The van der Waals surface area contributed by atoms with Gasteiger partial charge in [0.2, 0.25) is 0 Å². The summed E-state index contributed by atoms with van der Waals surface area (Å²) < 4.78 is 33.7. The first-order valence-corrected chi connectivity index (χ1v) is 10.3. The number of nitrogens with one attached hydrogen (secondary N) is 2. The van der Waals surface area contributed by atoms with Gasteiger partial charge in [0.05, 0.1) is 24.5 Å². The third-order valence-electron chi connectivity index (χ3n) is 4.61. The van der Waals surface area contributed by atoms with Crippen molar-refractivity contribution >= 4 is 32.9 Å². The van der Waals surface area contributed by atoms with Gasteiger partial charge in [-0.1, -0.05) is 0 Å². The zero-order chi connectivity index (χ0) is 20.9. The highest BCUT2D eigenvalue weighted by Crippen LogP contribution is 2.43. The van der Waals surface area contributed by atoms with E-state index >= 15 is 0 Å².